The predicted molar refractivity (Wildman–Crippen MR) is 74.8 cm³/mol. The van der Waals surface area contributed by atoms with Crippen molar-refractivity contribution in [1.29, 1.82) is 0 Å². The highest BCUT2D eigenvalue weighted by Crippen LogP contribution is 2.35. The van der Waals surface area contributed by atoms with E-state index in [4.69, 9.17) is 0 Å². The van der Waals surface area contributed by atoms with Crippen LogP contribution in [0.5, 0.6) is 0 Å². The van der Waals surface area contributed by atoms with Crippen LogP contribution in [0.1, 0.15) is 29.4 Å². The smallest absolute Gasteiger partial charge is 0.342 e. The number of alkyl halides is 3. The lowest BCUT2D eigenvalue weighted by Gasteiger charge is -2.14. The van der Waals surface area contributed by atoms with Gasteiger partial charge in [-0.25, -0.2) is 4.39 Å². The molecule has 1 saturated carbocycles. The molecule has 0 unspecified atom stereocenters. The zero-order valence-electron chi connectivity index (χ0n) is 11.8. The summed E-state index contributed by atoms with van der Waals surface area (Å²) in [6.45, 7) is -1.48. The lowest BCUT2D eigenvalue weighted by molar-refractivity contribution is -0.123. The van der Waals surface area contributed by atoms with Crippen LogP contribution in [0.25, 0.3) is 10.8 Å². The number of aromatic nitrogens is 1. The van der Waals surface area contributed by atoms with E-state index in [9.17, 15) is 27.2 Å². The minimum atomic E-state index is -4.54. The first kappa shape index (κ1) is 15.5. The quantitative estimate of drug-likeness (QED) is 0.881. The first-order valence-corrected chi connectivity index (χ1v) is 6.96. The third kappa shape index (κ3) is 3.20. The first-order valence-electron chi connectivity index (χ1n) is 6.96. The SMILES string of the molecule is O=C(NCC(F)(F)F)c1cc2ccc(F)cc2c(=O)n1C1CC1. The van der Waals surface area contributed by atoms with Crippen molar-refractivity contribution < 1.29 is 22.4 Å². The van der Waals surface area contributed by atoms with Crippen LogP contribution in [0.4, 0.5) is 17.6 Å². The van der Waals surface area contributed by atoms with Gasteiger partial charge in [0.15, 0.2) is 0 Å². The first-order chi connectivity index (χ1) is 10.8. The fourth-order valence-electron chi connectivity index (χ4n) is 2.44. The van der Waals surface area contributed by atoms with Gasteiger partial charge in [0.1, 0.15) is 18.1 Å². The number of pyridine rings is 1. The summed E-state index contributed by atoms with van der Waals surface area (Å²) in [6, 6.07) is 4.60. The zero-order chi connectivity index (χ0) is 16.8. The second-order valence-electron chi connectivity index (χ2n) is 5.47. The third-order valence-electron chi connectivity index (χ3n) is 3.61. The lowest BCUT2D eigenvalue weighted by atomic mass is 10.1. The molecule has 0 saturated heterocycles. The van der Waals surface area contributed by atoms with Crippen LogP contribution in [-0.2, 0) is 0 Å². The molecule has 1 amide bonds. The molecule has 1 aliphatic rings. The minimum Gasteiger partial charge on any atom is -0.342 e. The van der Waals surface area contributed by atoms with Crippen molar-refractivity contribution in [3.63, 3.8) is 0 Å². The van der Waals surface area contributed by atoms with Gasteiger partial charge >= 0.3 is 6.18 Å². The van der Waals surface area contributed by atoms with Crippen LogP contribution in [0, 0.1) is 5.82 Å². The molecule has 0 atom stereocenters. The van der Waals surface area contributed by atoms with Crippen molar-refractivity contribution >= 4 is 16.7 Å². The molecule has 23 heavy (non-hydrogen) atoms. The highest BCUT2D eigenvalue weighted by molar-refractivity contribution is 5.96. The van der Waals surface area contributed by atoms with Gasteiger partial charge in [0.25, 0.3) is 11.5 Å². The molecule has 2 aromatic rings. The van der Waals surface area contributed by atoms with E-state index in [1.807, 2.05) is 0 Å². The summed E-state index contributed by atoms with van der Waals surface area (Å²) in [5.41, 5.74) is -0.706. The topological polar surface area (TPSA) is 51.1 Å². The van der Waals surface area contributed by atoms with Gasteiger partial charge in [-0.2, -0.15) is 13.2 Å². The van der Waals surface area contributed by atoms with Gasteiger partial charge in [0.05, 0.1) is 5.39 Å². The van der Waals surface area contributed by atoms with Crippen molar-refractivity contribution in [1.82, 2.24) is 9.88 Å². The van der Waals surface area contributed by atoms with Gasteiger partial charge in [-0.1, -0.05) is 6.07 Å². The average molecular weight is 328 g/mol. The third-order valence-corrected chi connectivity index (χ3v) is 3.61. The van der Waals surface area contributed by atoms with E-state index < -0.39 is 30.0 Å². The van der Waals surface area contributed by atoms with Crippen molar-refractivity contribution in [2.45, 2.75) is 25.1 Å². The normalized spacial score (nSPS) is 15.0. The molecule has 0 aliphatic heterocycles. The Morgan fingerprint density at radius 1 is 1.26 bits per heavy atom. The molecule has 1 heterocycles. The van der Waals surface area contributed by atoms with Gasteiger partial charge in [-0.15, -0.1) is 0 Å². The van der Waals surface area contributed by atoms with E-state index in [2.05, 4.69) is 0 Å². The van der Waals surface area contributed by atoms with Crippen LogP contribution in [0.3, 0.4) is 0 Å². The van der Waals surface area contributed by atoms with Crippen LogP contribution < -0.4 is 10.9 Å². The molecule has 1 N–H and O–H groups in total. The number of carbonyl (C=O) groups excluding carboxylic acids is 1. The molecule has 8 heteroatoms. The molecule has 3 rings (SSSR count). The van der Waals surface area contributed by atoms with E-state index in [1.165, 1.54) is 12.1 Å². The second-order valence-corrected chi connectivity index (χ2v) is 5.47. The zero-order valence-corrected chi connectivity index (χ0v) is 11.8. The van der Waals surface area contributed by atoms with Gasteiger partial charge in [0.2, 0.25) is 0 Å². The summed E-state index contributed by atoms with van der Waals surface area (Å²) in [4.78, 5) is 24.5. The van der Waals surface area contributed by atoms with E-state index in [0.717, 1.165) is 16.7 Å². The highest BCUT2D eigenvalue weighted by Gasteiger charge is 2.32. The molecule has 1 aliphatic carbocycles. The number of halogens is 4. The van der Waals surface area contributed by atoms with Gasteiger partial charge in [0, 0.05) is 6.04 Å². The monoisotopic (exact) mass is 328 g/mol. The van der Waals surface area contributed by atoms with Gasteiger partial charge in [-0.05, 0) is 36.4 Å². The van der Waals surface area contributed by atoms with E-state index >= 15 is 0 Å². The summed E-state index contributed by atoms with van der Waals surface area (Å²) < 4.78 is 51.2. The number of nitrogens with zero attached hydrogens (tertiary/aromatic N) is 1. The number of hydrogen-bond donors (Lipinski definition) is 1. The van der Waals surface area contributed by atoms with Crippen LogP contribution in [0.15, 0.2) is 29.1 Å². The van der Waals surface area contributed by atoms with E-state index in [1.54, 1.807) is 5.32 Å². The standard InChI is InChI=1S/C15H12F4N2O2/c16-9-2-1-8-5-12(13(22)20-7-15(17,18)19)21(10-3-4-10)14(23)11(8)6-9/h1-2,5-6,10H,3-4,7H2,(H,20,22). The van der Waals surface area contributed by atoms with Crippen LogP contribution >= 0.6 is 0 Å². The maximum Gasteiger partial charge on any atom is 0.405 e. The molecule has 1 aromatic heterocycles. The maximum absolute atomic E-state index is 13.3. The number of amides is 1. The van der Waals surface area contributed by atoms with Crippen molar-refractivity contribution in [2.24, 2.45) is 0 Å². The molecule has 0 bridgehead atoms. The maximum atomic E-state index is 13.3. The van der Waals surface area contributed by atoms with Crippen LogP contribution in [0.2, 0.25) is 0 Å². The summed E-state index contributed by atoms with van der Waals surface area (Å²) in [5.74, 6) is -1.57. The van der Waals surface area contributed by atoms with Crippen molar-refractivity contribution in [2.75, 3.05) is 6.54 Å². The predicted octanol–water partition coefficient (Wildman–Crippen LogP) is 2.77. The molecular formula is C15H12F4N2O2. The van der Waals surface area contributed by atoms with E-state index in [-0.39, 0.29) is 17.1 Å². The number of fused-ring (bicyclic) bond motifs is 1. The molecule has 122 valence electrons. The Morgan fingerprint density at radius 2 is 1.96 bits per heavy atom. The number of benzene rings is 1. The molecule has 1 aromatic carbocycles. The minimum absolute atomic E-state index is 0.101. The Labute approximate surface area is 127 Å². The van der Waals surface area contributed by atoms with Crippen molar-refractivity contribution in [3.05, 3.63) is 46.1 Å². The summed E-state index contributed by atoms with van der Waals surface area (Å²) in [6.07, 6.45) is -3.24. The van der Waals surface area contributed by atoms with Gasteiger partial charge < -0.3 is 9.88 Å². The fraction of sp³-hybridized carbons (Fsp3) is 0.333. The Hall–Kier alpha value is -2.38. The largest absolute Gasteiger partial charge is 0.405 e. The lowest BCUT2D eigenvalue weighted by Crippen LogP contribution is -2.37. The molecule has 1 fully saturated rings. The molecule has 4 nitrogen and oxygen atoms in total. The second kappa shape index (κ2) is 5.36. The summed E-state index contributed by atoms with van der Waals surface area (Å²) >= 11 is 0. The highest BCUT2D eigenvalue weighted by atomic mass is 19.4. The van der Waals surface area contributed by atoms with Crippen molar-refractivity contribution in [3.8, 4) is 0 Å². The number of nitrogens with one attached hydrogen (secondary N) is 1. The number of rotatable bonds is 3. The Bertz CT molecular complexity index is 838. The number of hydrogen-bond acceptors (Lipinski definition) is 2. The molecule has 0 radical (unpaired) electrons. The fourth-order valence-corrected chi connectivity index (χ4v) is 2.44. The number of carbonyl (C=O) groups is 1. The summed E-state index contributed by atoms with van der Waals surface area (Å²) in [5, 5.41) is 2.18. The average Bonchev–Trinajstić information content (AvgIpc) is 3.29. The molecular weight excluding hydrogens is 316 g/mol. The Kier molecular flexibility index (Phi) is 3.62. The Morgan fingerprint density at radius 3 is 2.57 bits per heavy atom. The van der Waals surface area contributed by atoms with Gasteiger partial charge in [-0.3, -0.25) is 9.59 Å². The van der Waals surface area contributed by atoms with Crippen LogP contribution in [-0.4, -0.2) is 23.2 Å². The summed E-state index contributed by atoms with van der Waals surface area (Å²) in [7, 11) is 0. The Balaban J connectivity index is 2.08. The molecule has 0 spiro atoms. The van der Waals surface area contributed by atoms with E-state index in [0.29, 0.717) is 18.2 Å².